The van der Waals surface area contributed by atoms with E-state index in [4.69, 9.17) is 4.74 Å². The van der Waals surface area contributed by atoms with Crippen LogP contribution in [0.1, 0.15) is 51.0 Å². The summed E-state index contributed by atoms with van der Waals surface area (Å²) in [4.78, 5) is 0. The highest BCUT2D eigenvalue weighted by Crippen LogP contribution is 2.38. The Morgan fingerprint density at radius 3 is 2.28 bits per heavy atom. The maximum atomic E-state index is 5.50. The van der Waals surface area contributed by atoms with Crippen molar-refractivity contribution in [1.82, 2.24) is 0 Å². The van der Waals surface area contributed by atoms with E-state index in [0.717, 1.165) is 23.8 Å². The van der Waals surface area contributed by atoms with Crippen LogP contribution in [0.15, 0.2) is 24.3 Å². The third kappa shape index (κ3) is 3.61. The number of benzene rings is 1. The van der Waals surface area contributed by atoms with Gasteiger partial charge in [0.25, 0.3) is 0 Å². The average molecular weight is 262 g/mol. The lowest BCUT2D eigenvalue weighted by Crippen LogP contribution is -2.13. The van der Waals surface area contributed by atoms with Gasteiger partial charge in [-0.15, -0.1) is 0 Å². The molecule has 0 aromatic heterocycles. The molecule has 1 aliphatic rings. The third-order valence-corrected chi connectivity index (χ3v) is 6.42. The zero-order valence-electron chi connectivity index (χ0n) is 11.8. The molecule has 1 nitrogen and oxygen atoms in total. The molecule has 1 fully saturated rings. The molecule has 1 aromatic carbocycles. The summed E-state index contributed by atoms with van der Waals surface area (Å²) >= 11 is 0. The van der Waals surface area contributed by atoms with Crippen molar-refractivity contribution in [2.45, 2.75) is 57.0 Å². The Balaban J connectivity index is 1.89. The molecule has 0 saturated heterocycles. The molecule has 0 aliphatic heterocycles. The van der Waals surface area contributed by atoms with Crippen molar-refractivity contribution in [2.24, 2.45) is 0 Å². The van der Waals surface area contributed by atoms with Gasteiger partial charge in [-0.2, -0.15) is 0 Å². The van der Waals surface area contributed by atoms with Crippen molar-refractivity contribution in [2.75, 3.05) is 6.61 Å². The summed E-state index contributed by atoms with van der Waals surface area (Å²) in [6, 6.07) is 10.3. The van der Waals surface area contributed by atoms with E-state index >= 15 is 0 Å². The SMILES string of the molecule is CCOc1ccc([C@H]2CC[C@H]([SiH2]CC)CC2)cc1. The summed E-state index contributed by atoms with van der Waals surface area (Å²) in [6.07, 6.45) is 5.78. The van der Waals surface area contributed by atoms with Crippen molar-refractivity contribution in [3.05, 3.63) is 29.8 Å². The summed E-state index contributed by atoms with van der Waals surface area (Å²) in [5.74, 6) is 1.82. The average Bonchev–Trinajstić information content (AvgIpc) is 2.41. The molecule has 100 valence electrons. The second-order valence-corrected chi connectivity index (χ2v) is 8.24. The van der Waals surface area contributed by atoms with E-state index in [1.54, 1.807) is 0 Å². The molecule has 0 radical (unpaired) electrons. The Bertz CT molecular complexity index is 339. The summed E-state index contributed by atoms with van der Waals surface area (Å²) in [5, 5.41) is 0. The Hall–Kier alpha value is -0.763. The summed E-state index contributed by atoms with van der Waals surface area (Å²) < 4.78 is 5.50. The molecule has 2 rings (SSSR count). The fraction of sp³-hybridized carbons (Fsp3) is 0.625. The quantitative estimate of drug-likeness (QED) is 0.725. The predicted octanol–water partition coefficient (Wildman–Crippen LogP) is 4.14. The monoisotopic (exact) mass is 262 g/mol. The van der Waals surface area contributed by atoms with Crippen LogP contribution in [0.3, 0.4) is 0 Å². The normalized spacial score (nSPS) is 24.6. The van der Waals surface area contributed by atoms with Crippen molar-refractivity contribution >= 4 is 9.52 Å². The summed E-state index contributed by atoms with van der Waals surface area (Å²) in [7, 11) is 0.240. The topological polar surface area (TPSA) is 9.23 Å². The van der Waals surface area contributed by atoms with Gasteiger partial charge in [0.15, 0.2) is 0 Å². The first-order valence-corrected chi connectivity index (χ1v) is 9.37. The molecule has 0 amide bonds. The zero-order valence-corrected chi connectivity index (χ0v) is 13.2. The fourth-order valence-corrected chi connectivity index (χ4v) is 5.06. The van der Waals surface area contributed by atoms with E-state index in [-0.39, 0.29) is 9.52 Å². The van der Waals surface area contributed by atoms with Gasteiger partial charge in [0.2, 0.25) is 0 Å². The molecule has 0 atom stereocenters. The predicted molar refractivity (Wildman–Crippen MR) is 81.6 cm³/mol. The second-order valence-electron chi connectivity index (χ2n) is 5.51. The first kappa shape index (κ1) is 13.7. The fourth-order valence-electron chi connectivity index (χ4n) is 3.20. The number of hydrogen-bond acceptors (Lipinski definition) is 1. The molecule has 0 N–H and O–H groups in total. The first-order chi connectivity index (χ1) is 8.83. The van der Waals surface area contributed by atoms with E-state index in [9.17, 15) is 0 Å². The standard InChI is InChI=1S/C16H26OSi/c1-3-17-15-9-5-13(6-10-15)14-7-11-16(12-8-14)18-4-2/h5-6,9-10,14,16H,3-4,7-8,11-12,18H2,1-2H3/t14-,16-. The van der Waals surface area contributed by atoms with Gasteiger partial charge in [0.1, 0.15) is 5.75 Å². The minimum absolute atomic E-state index is 0.240. The molecule has 1 aromatic rings. The highest BCUT2D eigenvalue weighted by atomic mass is 28.2. The van der Waals surface area contributed by atoms with Crippen LogP contribution in [0.25, 0.3) is 0 Å². The third-order valence-electron chi connectivity index (χ3n) is 4.21. The van der Waals surface area contributed by atoms with Crippen LogP contribution in [0.5, 0.6) is 5.75 Å². The second kappa shape index (κ2) is 6.98. The van der Waals surface area contributed by atoms with E-state index in [1.165, 1.54) is 37.3 Å². The molecule has 18 heavy (non-hydrogen) atoms. The lowest BCUT2D eigenvalue weighted by molar-refractivity contribution is 0.340. The van der Waals surface area contributed by atoms with Gasteiger partial charge in [-0.3, -0.25) is 0 Å². The number of rotatable bonds is 5. The number of hydrogen-bond donors (Lipinski definition) is 0. The van der Waals surface area contributed by atoms with Crippen LogP contribution >= 0.6 is 0 Å². The van der Waals surface area contributed by atoms with Gasteiger partial charge in [-0.25, -0.2) is 0 Å². The molecule has 1 saturated carbocycles. The van der Waals surface area contributed by atoms with Crippen molar-refractivity contribution < 1.29 is 4.74 Å². The molecule has 0 heterocycles. The van der Waals surface area contributed by atoms with Crippen LogP contribution in [0.4, 0.5) is 0 Å². The van der Waals surface area contributed by atoms with Crippen molar-refractivity contribution in [3.8, 4) is 5.75 Å². The maximum Gasteiger partial charge on any atom is 0.119 e. The van der Waals surface area contributed by atoms with E-state index in [0.29, 0.717) is 0 Å². The van der Waals surface area contributed by atoms with Crippen LogP contribution in [-0.4, -0.2) is 16.1 Å². The van der Waals surface area contributed by atoms with Crippen molar-refractivity contribution in [1.29, 1.82) is 0 Å². The van der Waals surface area contributed by atoms with Gasteiger partial charge < -0.3 is 4.74 Å². The molecule has 0 unspecified atom stereocenters. The lowest BCUT2D eigenvalue weighted by atomic mass is 9.84. The summed E-state index contributed by atoms with van der Waals surface area (Å²) in [6.45, 7) is 5.16. The molecular formula is C16H26OSi. The van der Waals surface area contributed by atoms with Crippen LogP contribution in [-0.2, 0) is 0 Å². The Labute approximate surface area is 114 Å². The van der Waals surface area contributed by atoms with E-state index in [2.05, 4.69) is 31.2 Å². The Morgan fingerprint density at radius 1 is 1.06 bits per heavy atom. The Kier molecular flexibility index (Phi) is 5.30. The highest BCUT2D eigenvalue weighted by molar-refractivity contribution is 6.37. The Morgan fingerprint density at radius 2 is 1.72 bits per heavy atom. The maximum absolute atomic E-state index is 5.50. The molecular weight excluding hydrogens is 236 g/mol. The van der Waals surface area contributed by atoms with Crippen LogP contribution in [0, 0.1) is 0 Å². The largest absolute Gasteiger partial charge is 0.494 e. The zero-order chi connectivity index (χ0) is 12.8. The summed E-state index contributed by atoms with van der Waals surface area (Å²) in [5.41, 5.74) is 2.66. The molecule has 0 bridgehead atoms. The molecule has 0 spiro atoms. The van der Waals surface area contributed by atoms with E-state index in [1.807, 2.05) is 6.92 Å². The molecule has 2 heteroatoms. The van der Waals surface area contributed by atoms with Gasteiger partial charge in [-0.05, 0) is 43.4 Å². The van der Waals surface area contributed by atoms with Gasteiger partial charge >= 0.3 is 0 Å². The van der Waals surface area contributed by atoms with Gasteiger partial charge in [0, 0.05) is 9.52 Å². The molecule has 1 aliphatic carbocycles. The minimum atomic E-state index is 0.240. The van der Waals surface area contributed by atoms with E-state index < -0.39 is 0 Å². The van der Waals surface area contributed by atoms with Crippen molar-refractivity contribution in [3.63, 3.8) is 0 Å². The number of ether oxygens (including phenoxy) is 1. The smallest absolute Gasteiger partial charge is 0.119 e. The van der Waals surface area contributed by atoms with Gasteiger partial charge in [-0.1, -0.05) is 43.5 Å². The lowest BCUT2D eigenvalue weighted by Gasteiger charge is -2.28. The van der Waals surface area contributed by atoms with Gasteiger partial charge in [0.05, 0.1) is 6.61 Å². The van der Waals surface area contributed by atoms with Crippen LogP contribution in [0.2, 0.25) is 11.6 Å². The first-order valence-electron chi connectivity index (χ1n) is 7.56. The highest BCUT2D eigenvalue weighted by Gasteiger charge is 2.21. The minimum Gasteiger partial charge on any atom is -0.494 e. The van der Waals surface area contributed by atoms with Crippen LogP contribution < -0.4 is 4.74 Å².